The molecule has 0 N–H and O–H groups in total. The quantitative estimate of drug-likeness (QED) is 0.468. The lowest BCUT2D eigenvalue weighted by atomic mass is 10.0. The Balaban J connectivity index is 2.82. The Bertz CT molecular complexity index is 889. The van der Waals surface area contributed by atoms with Crippen LogP contribution in [0.25, 0.3) is 21.5 Å². The molecular weight excluding hydrogens is 168 g/mol. The SMILES string of the molecule is [2H]c1c([2H])c([2H])c2c([2H])c3c([2H])c([2H])c([2H])c([2H])c3c([2H])c2c1[2H]. The van der Waals surface area contributed by atoms with Crippen molar-refractivity contribution in [3.8, 4) is 0 Å². The molecule has 3 aromatic carbocycles. The van der Waals surface area contributed by atoms with E-state index < -0.39 is 60.4 Å². The molecular formula is C14H10. The van der Waals surface area contributed by atoms with Crippen molar-refractivity contribution in [1.82, 2.24) is 0 Å². The van der Waals surface area contributed by atoms with Gasteiger partial charge in [-0.2, -0.15) is 0 Å². The van der Waals surface area contributed by atoms with Crippen LogP contribution in [0, 0.1) is 0 Å². The second-order valence-corrected chi connectivity index (χ2v) is 2.75. The molecule has 0 aliphatic carbocycles. The molecule has 0 aliphatic heterocycles. The van der Waals surface area contributed by atoms with E-state index in [2.05, 4.69) is 0 Å². The zero-order chi connectivity index (χ0) is 18.1. The minimum absolute atomic E-state index is 0.219. The molecule has 0 nitrogen and oxygen atoms in total. The molecule has 0 aliphatic rings. The Labute approximate surface area is 96.8 Å². The van der Waals surface area contributed by atoms with Crippen molar-refractivity contribution in [2.45, 2.75) is 0 Å². The lowest BCUT2D eigenvalue weighted by Gasteiger charge is -2.00. The van der Waals surface area contributed by atoms with Gasteiger partial charge >= 0.3 is 0 Å². The van der Waals surface area contributed by atoms with Gasteiger partial charge in [0.1, 0.15) is 0 Å². The summed E-state index contributed by atoms with van der Waals surface area (Å²) in [5.41, 5.74) is 0. The van der Waals surface area contributed by atoms with Gasteiger partial charge in [-0.25, -0.2) is 0 Å². The fraction of sp³-hybridized carbons (Fsp3) is 0. The van der Waals surface area contributed by atoms with Gasteiger partial charge in [-0.1, -0.05) is 48.3 Å². The summed E-state index contributed by atoms with van der Waals surface area (Å²) in [6.45, 7) is 0. The van der Waals surface area contributed by atoms with Crippen molar-refractivity contribution in [3.05, 3.63) is 60.4 Å². The maximum Gasteiger partial charge on any atom is 0.0636 e. The van der Waals surface area contributed by atoms with Crippen LogP contribution >= 0.6 is 0 Å². The van der Waals surface area contributed by atoms with Crippen LogP contribution in [0.15, 0.2) is 60.4 Å². The molecule has 0 saturated carbocycles. The summed E-state index contributed by atoms with van der Waals surface area (Å²) < 4.78 is 79.3. The molecule has 0 fully saturated rings. The Kier molecular flexibility index (Phi) is 0.529. The zero-order valence-electron chi connectivity index (χ0n) is 17.0. The first-order chi connectivity index (χ1) is 11.1. The van der Waals surface area contributed by atoms with E-state index >= 15 is 0 Å². The summed E-state index contributed by atoms with van der Waals surface area (Å²) in [4.78, 5) is 0. The third-order valence-electron chi connectivity index (χ3n) is 1.88. The highest BCUT2D eigenvalue weighted by Gasteiger charge is 1.95. The van der Waals surface area contributed by atoms with Crippen molar-refractivity contribution in [3.63, 3.8) is 0 Å². The van der Waals surface area contributed by atoms with Crippen molar-refractivity contribution >= 4 is 21.5 Å². The molecule has 66 valence electrons. The molecule has 0 aromatic heterocycles. The van der Waals surface area contributed by atoms with Crippen LogP contribution in [0.2, 0.25) is 0 Å². The van der Waals surface area contributed by atoms with E-state index in [1.807, 2.05) is 0 Å². The lowest BCUT2D eigenvalue weighted by Crippen LogP contribution is -1.74. The maximum absolute atomic E-state index is 8.26. The van der Waals surface area contributed by atoms with E-state index in [0.717, 1.165) is 0 Å². The molecule has 0 unspecified atom stereocenters. The third kappa shape index (κ3) is 1.08. The number of benzene rings is 3. The van der Waals surface area contributed by atoms with Gasteiger partial charge in [-0.05, 0) is 33.6 Å². The molecule has 14 heavy (non-hydrogen) atoms. The highest BCUT2D eigenvalue weighted by Crippen LogP contribution is 2.21. The summed E-state index contributed by atoms with van der Waals surface area (Å²) >= 11 is 0. The molecule has 3 aromatic rings. The smallest absolute Gasteiger partial charge is 0.0616 e. The van der Waals surface area contributed by atoms with E-state index in [4.69, 9.17) is 13.7 Å². The van der Waals surface area contributed by atoms with E-state index in [0.29, 0.717) is 0 Å². The first kappa shape index (κ1) is 2.60. The second kappa shape index (κ2) is 2.85. The molecule has 0 saturated heterocycles. The lowest BCUT2D eigenvalue weighted by molar-refractivity contribution is 1.76. The summed E-state index contributed by atoms with van der Waals surface area (Å²) in [5, 5.41) is -0.876. The maximum atomic E-state index is 8.26. The Morgan fingerprint density at radius 1 is 0.571 bits per heavy atom. The topological polar surface area (TPSA) is 0 Å². The second-order valence-electron chi connectivity index (χ2n) is 2.75. The van der Waals surface area contributed by atoms with Gasteiger partial charge in [0.2, 0.25) is 0 Å². The molecule has 0 radical (unpaired) electrons. The van der Waals surface area contributed by atoms with Crippen LogP contribution in [0.1, 0.15) is 13.7 Å². The largest absolute Gasteiger partial charge is 0.0636 e. The van der Waals surface area contributed by atoms with Crippen LogP contribution < -0.4 is 0 Å². The first-order valence-electron chi connectivity index (χ1n) is 9.00. The standard InChI is InChI=1S/C14H10/c1-2-6-12-10-14-8-4-3-7-13(14)9-11(12)5-1/h1-10H/i1D,2D,3D,4D,5D,6D,7D,8D,9D,10D. The summed E-state index contributed by atoms with van der Waals surface area (Å²) in [7, 11) is 0. The number of fused-ring (bicyclic) bond motifs is 2. The van der Waals surface area contributed by atoms with Gasteiger partial charge < -0.3 is 0 Å². The molecule has 0 heteroatoms. The number of hydrogen-bond donors (Lipinski definition) is 0. The Morgan fingerprint density at radius 2 is 0.857 bits per heavy atom. The minimum Gasteiger partial charge on any atom is -0.0616 e. The highest BCUT2D eigenvalue weighted by atomic mass is 14.0. The van der Waals surface area contributed by atoms with Crippen LogP contribution in [-0.4, -0.2) is 0 Å². The van der Waals surface area contributed by atoms with Crippen molar-refractivity contribution < 1.29 is 13.7 Å². The molecule has 0 atom stereocenters. The first-order valence-corrected chi connectivity index (χ1v) is 4.00. The zero-order valence-corrected chi connectivity index (χ0v) is 7.00. The average Bonchev–Trinajstić information content (AvgIpc) is 2.55. The van der Waals surface area contributed by atoms with Crippen LogP contribution in [0.4, 0.5) is 0 Å². The van der Waals surface area contributed by atoms with Crippen LogP contribution in [0.3, 0.4) is 0 Å². The van der Waals surface area contributed by atoms with E-state index in [1.54, 1.807) is 0 Å². The fourth-order valence-corrected chi connectivity index (χ4v) is 1.25. The predicted octanol–water partition coefficient (Wildman–Crippen LogP) is 3.99. The van der Waals surface area contributed by atoms with Crippen molar-refractivity contribution in [1.29, 1.82) is 0 Å². The number of rotatable bonds is 0. The summed E-state index contributed by atoms with van der Waals surface area (Å²) in [6.07, 6.45) is 0. The van der Waals surface area contributed by atoms with Crippen LogP contribution in [-0.2, 0) is 0 Å². The summed E-state index contributed by atoms with van der Waals surface area (Å²) in [6, 6.07) is -5.09. The molecule has 0 heterocycles. The van der Waals surface area contributed by atoms with E-state index in [-0.39, 0.29) is 21.5 Å². The highest BCUT2D eigenvalue weighted by molar-refractivity contribution is 5.97. The Morgan fingerprint density at radius 3 is 1.14 bits per heavy atom. The van der Waals surface area contributed by atoms with E-state index in [9.17, 15) is 0 Å². The third-order valence-corrected chi connectivity index (χ3v) is 1.88. The van der Waals surface area contributed by atoms with Gasteiger partial charge in [-0.15, -0.1) is 0 Å². The van der Waals surface area contributed by atoms with Crippen LogP contribution in [0.5, 0.6) is 0 Å². The van der Waals surface area contributed by atoms with Gasteiger partial charge in [-0.3, -0.25) is 0 Å². The number of hydrogen-bond acceptors (Lipinski definition) is 0. The monoisotopic (exact) mass is 188 g/mol. The van der Waals surface area contributed by atoms with Crippen molar-refractivity contribution in [2.24, 2.45) is 0 Å². The Hall–Kier alpha value is -1.82. The molecule has 0 bridgehead atoms. The predicted molar refractivity (Wildman–Crippen MR) is 61.5 cm³/mol. The van der Waals surface area contributed by atoms with Gasteiger partial charge in [0.05, 0.1) is 13.7 Å². The minimum atomic E-state index is -0.555. The normalized spacial score (nSPS) is 20.9. The molecule has 3 rings (SSSR count). The fourth-order valence-electron chi connectivity index (χ4n) is 1.25. The van der Waals surface area contributed by atoms with E-state index in [1.165, 1.54) is 0 Å². The summed E-state index contributed by atoms with van der Waals surface area (Å²) in [5.74, 6) is 0. The average molecular weight is 188 g/mol. The molecule has 0 spiro atoms. The van der Waals surface area contributed by atoms with Gasteiger partial charge in [0, 0.05) is 0 Å². The van der Waals surface area contributed by atoms with Crippen molar-refractivity contribution in [2.75, 3.05) is 0 Å². The van der Waals surface area contributed by atoms with Gasteiger partial charge in [0.25, 0.3) is 0 Å². The molecule has 0 amide bonds. The van der Waals surface area contributed by atoms with Gasteiger partial charge in [0.15, 0.2) is 0 Å².